The molecule has 0 spiro atoms. The summed E-state index contributed by atoms with van der Waals surface area (Å²) < 4.78 is 3.56. The Hall–Kier alpha value is -1.96. The number of nitrogens with zero attached hydrogens (tertiary/aromatic N) is 1. The molecule has 1 aliphatic heterocycles. The number of rotatable bonds is 2. The third kappa shape index (κ3) is 2.68. The number of para-hydroxylation sites is 1. The molecule has 4 nitrogen and oxygen atoms in total. The third-order valence-corrected chi connectivity index (χ3v) is 5.69. The maximum absolute atomic E-state index is 12.5. The zero-order chi connectivity index (χ0) is 16.7. The van der Waals surface area contributed by atoms with Gasteiger partial charge in [-0.2, -0.15) is 0 Å². The predicted octanol–water partition coefficient (Wildman–Crippen LogP) is 4.88. The molecule has 1 amide bonds. The minimum atomic E-state index is -0.294. The molecule has 7 heteroatoms. The number of carbonyl (C=O) groups excluding carboxylic acids is 1. The van der Waals surface area contributed by atoms with Gasteiger partial charge in [0.15, 0.2) is 3.95 Å². The molecule has 2 N–H and O–H groups in total. The van der Waals surface area contributed by atoms with Gasteiger partial charge in [-0.3, -0.25) is 9.36 Å². The summed E-state index contributed by atoms with van der Waals surface area (Å²) in [6, 6.07) is 17.7. The normalized spacial score (nSPS) is 16.2. The fourth-order valence-corrected chi connectivity index (χ4v) is 4.23. The van der Waals surface area contributed by atoms with Gasteiger partial charge in [0.25, 0.3) is 5.91 Å². The standard InChI is InChI=1S/C17H12BrN3OS2/c18-11-8-6-10(7-9-11)14-19-15-13(16(22)20-14)24-17(23)21(15)12-4-2-1-3-5-12/h1-9,14,19H,(H,20,22)/t14-/m1/s1. The van der Waals surface area contributed by atoms with E-state index in [1.54, 1.807) is 0 Å². The van der Waals surface area contributed by atoms with Crippen molar-refractivity contribution in [3.8, 4) is 5.69 Å². The van der Waals surface area contributed by atoms with Gasteiger partial charge in [-0.05, 0) is 42.0 Å². The number of fused-ring (bicyclic) bond motifs is 1. The Kier molecular flexibility index (Phi) is 3.99. The monoisotopic (exact) mass is 417 g/mol. The highest BCUT2D eigenvalue weighted by atomic mass is 79.9. The van der Waals surface area contributed by atoms with E-state index in [1.807, 2.05) is 59.2 Å². The average molecular weight is 418 g/mol. The predicted molar refractivity (Wildman–Crippen MR) is 102 cm³/mol. The van der Waals surface area contributed by atoms with Crippen LogP contribution in [-0.4, -0.2) is 10.5 Å². The van der Waals surface area contributed by atoms with Crippen LogP contribution in [0.5, 0.6) is 0 Å². The van der Waals surface area contributed by atoms with Gasteiger partial charge in [0.05, 0.1) is 0 Å². The number of thiazole rings is 1. The number of nitrogens with one attached hydrogen (secondary N) is 2. The van der Waals surface area contributed by atoms with Gasteiger partial charge in [-0.25, -0.2) is 0 Å². The van der Waals surface area contributed by atoms with Crippen LogP contribution in [0.3, 0.4) is 0 Å². The number of halogens is 1. The number of anilines is 1. The first kappa shape index (κ1) is 15.6. The molecule has 3 aromatic rings. The average Bonchev–Trinajstić information content (AvgIpc) is 2.93. The highest BCUT2D eigenvalue weighted by Gasteiger charge is 2.29. The van der Waals surface area contributed by atoms with Crippen molar-refractivity contribution in [2.75, 3.05) is 5.32 Å². The van der Waals surface area contributed by atoms with Crippen LogP contribution in [0, 0.1) is 3.95 Å². The lowest BCUT2D eigenvalue weighted by atomic mass is 10.1. The van der Waals surface area contributed by atoms with Crippen LogP contribution in [0.15, 0.2) is 59.1 Å². The lowest BCUT2D eigenvalue weighted by molar-refractivity contribution is 0.0939. The van der Waals surface area contributed by atoms with E-state index in [0.717, 1.165) is 21.5 Å². The van der Waals surface area contributed by atoms with Crippen LogP contribution in [0.1, 0.15) is 21.4 Å². The van der Waals surface area contributed by atoms with Crippen LogP contribution in [-0.2, 0) is 0 Å². The number of amides is 1. The first-order valence-corrected chi connectivity index (χ1v) is 9.29. The Bertz CT molecular complexity index is 964. The topological polar surface area (TPSA) is 46.1 Å². The zero-order valence-electron chi connectivity index (χ0n) is 12.3. The van der Waals surface area contributed by atoms with Crippen LogP contribution in [0.4, 0.5) is 5.82 Å². The van der Waals surface area contributed by atoms with E-state index < -0.39 is 0 Å². The molecule has 0 saturated heterocycles. The summed E-state index contributed by atoms with van der Waals surface area (Å²) in [4.78, 5) is 13.1. The molecule has 0 radical (unpaired) electrons. The quantitative estimate of drug-likeness (QED) is 0.583. The van der Waals surface area contributed by atoms with Gasteiger partial charge in [0.1, 0.15) is 16.9 Å². The SMILES string of the molecule is O=C1N[C@H](c2ccc(Br)cc2)Nc2c1sc(=S)n2-c1ccccc1. The summed E-state index contributed by atoms with van der Waals surface area (Å²) in [5, 5.41) is 6.40. The lowest BCUT2D eigenvalue weighted by Crippen LogP contribution is -2.38. The number of hydrogen-bond acceptors (Lipinski definition) is 4. The second-order valence-electron chi connectivity index (χ2n) is 5.32. The van der Waals surface area contributed by atoms with Crippen molar-refractivity contribution in [2.24, 2.45) is 0 Å². The molecule has 4 rings (SSSR count). The summed E-state index contributed by atoms with van der Waals surface area (Å²) in [7, 11) is 0. The van der Waals surface area contributed by atoms with Crippen molar-refractivity contribution in [2.45, 2.75) is 6.17 Å². The minimum absolute atomic E-state index is 0.109. The van der Waals surface area contributed by atoms with Crippen molar-refractivity contribution in [3.05, 3.63) is 73.5 Å². The third-order valence-electron chi connectivity index (χ3n) is 3.79. The molecular weight excluding hydrogens is 406 g/mol. The molecule has 120 valence electrons. The van der Waals surface area contributed by atoms with E-state index in [4.69, 9.17) is 12.2 Å². The van der Waals surface area contributed by atoms with E-state index in [9.17, 15) is 4.79 Å². The van der Waals surface area contributed by atoms with Crippen molar-refractivity contribution in [1.29, 1.82) is 0 Å². The fourth-order valence-electron chi connectivity index (χ4n) is 2.66. The van der Waals surface area contributed by atoms with Crippen molar-refractivity contribution in [1.82, 2.24) is 9.88 Å². The molecule has 1 atom stereocenters. The van der Waals surface area contributed by atoms with Gasteiger partial charge >= 0.3 is 0 Å². The highest BCUT2D eigenvalue weighted by molar-refractivity contribution is 9.10. The smallest absolute Gasteiger partial charge is 0.267 e. The molecule has 1 aromatic heterocycles. The summed E-state index contributed by atoms with van der Waals surface area (Å²) in [6.07, 6.45) is -0.294. The van der Waals surface area contributed by atoms with E-state index >= 15 is 0 Å². The van der Waals surface area contributed by atoms with Gasteiger partial charge in [0, 0.05) is 10.2 Å². The van der Waals surface area contributed by atoms with Crippen molar-refractivity contribution >= 4 is 51.2 Å². The fraction of sp³-hybridized carbons (Fsp3) is 0.0588. The molecule has 0 saturated carbocycles. The second kappa shape index (κ2) is 6.16. The summed E-state index contributed by atoms with van der Waals surface area (Å²) in [6.45, 7) is 0. The van der Waals surface area contributed by atoms with E-state index in [2.05, 4.69) is 26.6 Å². The molecule has 0 unspecified atom stereocenters. The second-order valence-corrected chi connectivity index (χ2v) is 7.88. The molecular formula is C17H12BrN3OS2. The Morgan fingerprint density at radius 1 is 1.04 bits per heavy atom. The Balaban J connectivity index is 1.80. The number of carbonyl (C=O) groups is 1. The molecule has 2 heterocycles. The molecule has 0 bridgehead atoms. The van der Waals surface area contributed by atoms with Gasteiger partial charge < -0.3 is 10.6 Å². The van der Waals surface area contributed by atoms with Crippen molar-refractivity contribution in [3.63, 3.8) is 0 Å². The summed E-state index contributed by atoms with van der Waals surface area (Å²) in [5.41, 5.74) is 1.92. The Morgan fingerprint density at radius 2 is 1.75 bits per heavy atom. The van der Waals surface area contributed by atoms with E-state index in [-0.39, 0.29) is 12.1 Å². The first-order chi connectivity index (χ1) is 11.6. The van der Waals surface area contributed by atoms with Crippen LogP contribution in [0.2, 0.25) is 0 Å². The van der Waals surface area contributed by atoms with E-state index in [0.29, 0.717) is 8.83 Å². The van der Waals surface area contributed by atoms with E-state index in [1.165, 1.54) is 11.3 Å². The zero-order valence-corrected chi connectivity index (χ0v) is 15.5. The molecule has 1 aliphatic rings. The minimum Gasteiger partial charge on any atom is -0.346 e. The molecule has 2 aromatic carbocycles. The Morgan fingerprint density at radius 3 is 2.46 bits per heavy atom. The van der Waals surface area contributed by atoms with Crippen LogP contribution < -0.4 is 10.6 Å². The largest absolute Gasteiger partial charge is 0.346 e. The number of benzene rings is 2. The molecule has 24 heavy (non-hydrogen) atoms. The number of hydrogen-bond donors (Lipinski definition) is 2. The summed E-state index contributed by atoms with van der Waals surface area (Å²) in [5.74, 6) is 0.635. The van der Waals surface area contributed by atoms with Gasteiger partial charge in [-0.15, -0.1) is 0 Å². The van der Waals surface area contributed by atoms with Crippen LogP contribution in [0.25, 0.3) is 5.69 Å². The Labute approximate surface area is 156 Å². The molecule has 0 aliphatic carbocycles. The lowest BCUT2D eigenvalue weighted by Gasteiger charge is -2.27. The molecule has 0 fully saturated rings. The highest BCUT2D eigenvalue weighted by Crippen LogP contribution is 2.34. The maximum Gasteiger partial charge on any atom is 0.267 e. The van der Waals surface area contributed by atoms with Crippen LogP contribution >= 0.6 is 39.5 Å². The van der Waals surface area contributed by atoms with Gasteiger partial charge in [-0.1, -0.05) is 57.6 Å². The summed E-state index contributed by atoms with van der Waals surface area (Å²) >= 11 is 10.2. The maximum atomic E-state index is 12.5. The van der Waals surface area contributed by atoms with Crippen molar-refractivity contribution < 1.29 is 4.79 Å². The first-order valence-electron chi connectivity index (χ1n) is 7.27. The number of aromatic nitrogens is 1. The van der Waals surface area contributed by atoms with Gasteiger partial charge in [0.2, 0.25) is 0 Å².